The minimum absolute atomic E-state index is 0.113. The van der Waals surface area contributed by atoms with Crippen LogP contribution in [0.3, 0.4) is 0 Å². The van der Waals surface area contributed by atoms with Gasteiger partial charge in [0, 0.05) is 45.8 Å². The maximum Gasteiger partial charge on any atom is 0.223 e. The Morgan fingerprint density at radius 2 is 2.18 bits per heavy atom. The minimum atomic E-state index is 0.113. The van der Waals surface area contributed by atoms with E-state index in [1.54, 1.807) is 7.11 Å². The highest BCUT2D eigenvalue weighted by Crippen LogP contribution is 2.17. The van der Waals surface area contributed by atoms with E-state index in [0.717, 1.165) is 26.0 Å². The Bertz CT molecular complexity index is 223. The number of rotatable bonds is 9. The Hall–Kier alpha value is -0.650. The number of aliphatic hydroxyl groups is 1. The van der Waals surface area contributed by atoms with E-state index in [9.17, 15) is 4.79 Å². The smallest absolute Gasteiger partial charge is 0.223 e. The molecule has 0 aromatic carbocycles. The van der Waals surface area contributed by atoms with Crippen molar-refractivity contribution in [1.82, 2.24) is 4.90 Å². The van der Waals surface area contributed by atoms with Crippen LogP contribution in [-0.4, -0.2) is 62.5 Å². The summed E-state index contributed by atoms with van der Waals surface area (Å²) < 4.78 is 10.2. The van der Waals surface area contributed by atoms with Crippen molar-refractivity contribution in [1.29, 1.82) is 0 Å². The van der Waals surface area contributed by atoms with Crippen molar-refractivity contribution in [3.63, 3.8) is 0 Å². The number of aliphatic hydroxyl groups excluding tert-OH is 1. The zero-order valence-corrected chi connectivity index (χ0v) is 10.6. The van der Waals surface area contributed by atoms with Crippen molar-refractivity contribution in [3.05, 3.63) is 0 Å². The molecule has 1 rings (SSSR count). The number of amides is 1. The second kappa shape index (κ2) is 8.44. The number of nitrogens with zero attached hydrogens (tertiary/aromatic N) is 1. The molecule has 100 valence electrons. The molecule has 0 bridgehead atoms. The predicted octanol–water partition coefficient (Wildman–Crippen LogP) is 0.270. The molecule has 1 saturated heterocycles. The number of ether oxygens (including phenoxy) is 2. The van der Waals surface area contributed by atoms with Crippen LogP contribution in [0, 0.1) is 5.92 Å². The van der Waals surface area contributed by atoms with Gasteiger partial charge in [0.25, 0.3) is 0 Å². The van der Waals surface area contributed by atoms with Crippen LogP contribution in [0.15, 0.2) is 0 Å². The summed E-state index contributed by atoms with van der Waals surface area (Å²) in [6.07, 6.45) is 2.41. The summed E-state index contributed by atoms with van der Waals surface area (Å²) in [6, 6.07) is 0. The molecule has 0 aromatic heterocycles. The van der Waals surface area contributed by atoms with Gasteiger partial charge in [0.15, 0.2) is 0 Å². The van der Waals surface area contributed by atoms with Crippen molar-refractivity contribution < 1.29 is 19.4 Å². The standard InChI is InChI=1S/C12H23NO4/c1-16-6-7-17-5-3-2-4-13-9-11(10-14)8-12(13)15/h11,14H,2-10H2,1H3. The Labute approximate surface area is 103 Å². The lowest BCUT2D eigenvalue weighted by molar-refractivity contribution is -0.127. The lowest BCUT2D eigenvalue weighted by atomic mass is 10.1. The highest BCUT2D eigenvalue weighted by Gasteiger charge is 2.28. The highest BCUT2D eigenvalue weighted by molar-refractivity contribution is 5.78. The first-order chi connectivity index (χ1) is 8.27. The lowest BCUT2D eigenvalue weighted by Gasteiger charge is -2.15. The number of unbranched alkanes of at least 4 members (excludes halogenated alkanes) is 1. The first-order valence-electron chi connectivity index (χ1n) is 6.23. The summed E-state index contributed by atoms with van der Waals surface area (Å²) in [5.41, 5.74) is 0. The van der Waals surface area contributed by atoms with Crippen molar-refractivity contribution in [2.75, 3.05) is 46.6 Å². The summed E-state index contributed by atoms with van der Waals surface area (Å²) in [6.45, 7) is 3.58. The molecule has 0 saturated carbocycles. The van der Waals surface area contributed by atoms with E-state index in [-0.39, 0.29) is 18.4 Å². The second-order valence-electron chi connectivity index (χ2n) is 4.40. The Morgan fingerprint density at radius 1 is 1.35 bits per heavy atom. The molecule has 17 heavy (non-hydrogen) atoms. The Balaban J connectivity index is 1.98. The van der Waals surface area contributed by atoms with Gasteiger partial charge in [-0.25, -0.2) is 0 Å². The monoisotopic (exact) mass is 245 g/mol. The topological polar surface area (TPSA) is 59.0 Å². The number of hydrogen-bond acceptors (Lipinski definition) is 4. The first-order valence-corrected chi connectivity index (χ1v) is 6.23. The summed E-state index contributed by atoms with van der Waals surface area (Å²) in [5, 5.41) is 8.98. The van der Waals surface area contributed by atoms with Gasteiger partial charge >= 0.3 is 0 Å². The molecular weight excluding hydrogens is 222 g/mol. The number of carbonyl (C=O) groups is 1. The van der Waals surface area contributed by atoms with Gasteiger partial charge in [0.2, 0.25) is 5.91 Å². The molecule has 0 radical (unpaired) electrons. The van der Waals surface area contributed by atoms with Crippen LogP contribution in [0.1, 0.15) is 19.3 Å². The molecule has 1 N–H and O–H groups in total. The van der Waals surface area contributed by atoms with Crippen LogP contribution in [0.4, 0.5) is 0 Å². The van der Waals surface area contributed by atoms with E-state index in [2.05, 4.69) is 0 Å². The van der Waals surface area contributed by atoms with Crippen LogP contribution in [0.25, 0.3) is 0 Å². The van der Waals surface area contributed by atoms with E-state index in [4.69, 9.17) is 14.6 Å². The summed E-state index contributed by atoms with van der Waals surface area (Å²) in [7, 11) is 1.65. The van der Waals surface area contributed by atoms with E-state index in [1.807, 2.05) is 4.90 Å². The zero-order chi connectivity index (χ0) is 12.5. The lowest BCUT2D eigenvalue weighted by Crippen LogP contribution is -2.26. The van der Waals surface area contributed by atoms with Crippen molar-refractivity contribution in [3.8, 4) is 0 Å². The van der Waals surface area contributed by atoms with Crippen LogP contribution < -0.4 is 0 Å². The summed E-state index contributed by atoms with van der Waals surface area (Å²) >= 11 is 0. The van der Waals surface area contributed by atoms with E-state index >= 15 is 0 Å². The predicted molar refractivity (Wildman–Crippen MR) is 63.7 cm³/mol. The number of hydrogen-bond donors (Lipinski definition) is 1. The molecule has 0 spiro atoms. The number of methoxy groups -OCH3 is 1. The molecule has 5 heteroatoms. The quantitative estimate of drug-likeness (QED) is 0.592. The van der Waals surface area contributed by atoms with E-state index in [1.165, 1.54) is 0 Å². The Morgan fingerprint density at radius 3 is 2.82 bits per heavy atom. The summed E-state index contributed by atoms with van der Waals surface area (Å²) in [5.74, 6) is 0.310. The molecule has 1 aliphatic heterocycles. The third-order valence-electron chi connectivity index (χ3n) is 2.95. The van der Waals surface area contributed by atoms with Crippen molar-refractivity contribution >= 4 is 5.91 Å². The van der Waals surface area contributed by atoms with Crippen LogP contribution in [0.2, 0.25) is 0 Å². The second-order valence-corrected chi connectivity index (χ2v) is 4.40. The number of carbonyl (C=O) groups excluding carboxylic acids is 1. The largest absolute Gasteiger partial charge is 0.396 e. The van der Waals surface area contributed by atoms with Gasteiger partial charge in [-0.05, 0) is 12.8 Å². The molecule has 1 aliphatic rings. The third-order valence-corrected chi connectivity index (χ3v) is 2.95. The fraction of sp³-hybridized carbons (Fsp3) is 0.917. The fourth-order valence-corrected chi connectivity index (χ4v) is 1.94. The maximum absolute atomic E-state index is 11.5. The van der Waals surface area contributed by atoms with E-state index in [0.29, 0.717) is 26.2 Å². The molecule has 1 heterocycles. The molecule has 1 unspecified atom stereocenters. The molecular formula is C12H23NO4. The molecule has 1 amide bonds. The van der Waals surface area contributed by atoms with Crippen molar-refractivity contribution in [2.45, 2.75) is 19.3 Å². The minimum Gasteiger partial charge on any atom is -0.396 e. The Kier molecular flexibility index (Phi) is 7.16. The SMILES string of the molecule is COCCOCCCCN1CC(CO)CC1=O. The van der Waals surface area contributed by atoms with Crippen LogP contribution in [-0.2, 0) is 14.3 Å². The molecule has 0 aliphatic carbocycles. The van der Waals surface area contributed by atoms with Gasteiger partial charge in [-0.15, -0.1) is 0 Å². The van der Waals surface area contributed by atoms with Gasteiger partial charge < -0.3 is 19.5 Å². The van der Waals surface area contributed by atoms with Crippen molar-refractivity contribution in [2.24, 2.45) is 5.92 Å². The molecule has 5 nitrogen and oxygen atoms in total. The van der Waals surface area contributed by atoms with Gasteiger partial charge in [0.05, 0.1) is 13.2 Å². The zero-order valence-electron chi connectivity index (χ0n) is 10.6. The van der Waals surface area contributed by atoms with Gasteiger partial charge in [-0.1, -0.05) is 0 Å². The first kappa shape index (κ1) is 14.4. The molecule has 0 aromatic rings. The molecule has 1 fully saturated rings. The third kappa shape index (κ3) is 5.48. The number of likely N-dealkylation sites (tertiary alicyclic amines) is 1. The van der Waals surface area contributed by atoms with Gasteiger partial charge in [-0.2, -0.15) is 0 Å². The average molecular weight is 245 g/mol. The van der Waals surface area contributed by atoms with Gasteiger partial charge in [-0.3, -0.25) is 4.79 Å². The highest BCUT2D eigenvalue weighted by atomic mass is 16.5. The van der Waals surface area contributed by atoms with Crippen LogP contribution >= 0.6 is 0 Å². The maximum atomic E-state index is 11.5. The average Bonchev–Trinajstić information content (AvgIpc) is 2.69. The van der Waals surface area contributed by atoms with Gasteiger partial charge in [0.1, 0.15) is 0 Å². The normalized spacial score (nSPS) is 20.2. The van der Waals surface area contributed by atoms with Crippen LogP contribution in [0.5, 0.6) is 0 Å². The summed E-state index contributed by atoms with van der Waals surface area (Å²) in [4.78, 5) is 13.4. The fourth-order valence-electron chi connectivity index (χ4n) is 1.94. The molecule has 1 atom stereocenters. The van der Waals surface area contributed by atoms with E-state index < -0.39 is 0 Å².